The van der Waals surface area contributed by atoms with Crippen LogP contribution in [0.25, 0.3) is 0 Å². The van der Waals surface area contributed by atoms with Crippen LogP contribution in [0.15, 0.2) is 41.1 Å². The molecule has 148 valence electrons. The number of amides is 2. The highest BCUT2D eigenvalue weighted by Gasteiger charge is 2.35. The third-order valence-electron chi connectivity index (χ3n) is 5.30. The van der Waals surface area contributed by atoms with Crippen molar-refractivity contribution < 1.29 is 14.3 Å². The molecule has 2 aromatic rings. The second kappa shape index (κ2) is 8.45. The predicted octanol–water partition coefficient (Wildman–Crippen LogP) is 3.06. The first-order valence-electron chi connectivity index (χ1n) is 9.55. The molecule has 1 atom stereocenters. The van der Waals surface area contributed by atoms with Gasteiger partial charge in [0.1, 0.15) is 0 Å². The molecule has 7 nitrogen and oxygen atoms in total. The number of rotatable bonds is 5. The van der Waals surface area contributed by atoms with E-state index in [4.69, 9.17) is 4.74 Å². The fraction of sp³-hybridized carbons (Fsp3) is 0.450. The van der Waals surface area contributed by atoms with Gasteiger partial charge in [-0.15, -0.1) is 0 Å². The lowest BCUT2D eigenvalue weighted by atomic mass is 10.0. The minimum atomic E-state index is -0.370. The van der Waals surface area contributed by atoms with Gasteiger partial charge in [-0.2, -0.15) is 5.10 Å². The van der Waals surface area contributed by atoms with Crippen LogP contribution in [-0.2, 0) is 20.9 Å². The number of hydrogen-bond donors (Lipinski definition) is 1. The molecule has 4 rings (SSSR count). The summed E-state index contributed by atoms with van der Waals surface area (Å²) >= 11 is 3.42. The van der Waals surface area contributed by atoms with Crippen molar-refractivity contribution in [2.24, 2.45) is 11.8 Å². The molecule has 8 heteroatoms. The normalized spacial score (nSPS) is 20.5. The predicted molar refractivity (Wildman–Crippen MR) is 109 cm³/mol. The first-order chi connectivity index (χ1) is 13.6. The van der Waals surface area contributed by atoms with Crippen LogP contribution in [-0.4, -0.2) is 41.4 Å². The number of carbonyl (C=O) groups excluding carboxylic acids is 2. The fourth-order valence-electron chi connectivity index (χ4n) is 3.74. The van der Waals surface area contributed by atoms with E-state index in [2.05, 4.69) is 26.3 Å². The van der Waals surface area contributed by atoms with Gasteiger partial charge < -0.3 is 15.0 Å². The molecule has 0 spiro atoms. The van der Waals surface area contributed by atoms with Crippen LogP contribution in [0, 0.1) is 11.8 Å². The fourth-order valence-corrected chi connectivity index (χ4v) is 4.13. The van der Waals surface area contributed by atoms with Crippen LogP contribution in [0.4, 0.5) is 11.4 Å². The van der Waals surface area contributed by atoms with Gasteiger partial charge in [-0.25, -0.2) is 0 Å². The Hall–Kier alpha value is -2.19. The highest BCUT2D eigenvalue weighted by atomic mass is 79.9. The zero-order valence-electron chi connectivity index (χ0n) is 15.5. The van der Waals surface area contributed by atoms with Crippen LogP contribution in [0.2, 0.25) is 0 Å². The van der Waals surface area contributed by atoms with Crippen molar-refractivity contribution in [2.45, 2.75) is 25.8 Å². The van der Waals surface area contributed by atoms with Crippen LogP contribution in [0.5, 0.6) is 0 Å². The lowest BCUT2D eigenvalue weighted by molar-refractivity contribution is -0.122. The van der Waals surface area contributed by atoms with Crippen molar-refractivity contribution in [3.05, 3.63) is 41.1 Å². The molecule has 1 aromatic heterocycles. The number of hydrogen-bond acceptors (Lipinski definition) is 4. The summed E-state index contributed by atoms with van der Waals surface area (Å²) in [7, 11) is 0. The van der Waals surface area contributed by atoms with Gasteiger partial charge in [-0.05, 0) is 37.0 Å². The molecule has 2 saturated heterocycles. The van der Waals surface area contributed by atoms with Crippen LogP contribution in [0.1, 0.15) is 19.3 Å². The van der Waals surface area contributed by atoms with E-state index < -0.39 is 0 Å². The first-order valence-corrected chi connectivity index (χ1v) is 10.3. The van der Waals surface area contributed by atoms with Crippen molar-refractivity contribution in [3.63, 3.8) is 0 Å². The van der Waals surface area contributed by atoms with E-state index in [0.717, 1.165) is 42.8 Å². The standard InChI is InChI=1S/C20H23BrN4O3/c21-16-2-1-3-18(9-16)25-12-15(8-19(25)26)20(27)23-17-10-22-24(13-17)11-14-4-6-28-7-5-14/h1-3,9-10,13-15H,4-8,11-12H2,(H,23,27)/t15-/m1/s1. The maximum absolute atomic E-state index is 12.7. The number of benzene rings is 1. The smallest absolute Gasteiger partial charge is 0.229 e. The van der Waals surface area contributed by atoms with Crippen LogP contribution in [0.3, 0.4) is 0 Å². The molecule has 28 heavy (non-hydrogen) atoms. The lowest BCUT2D eigenvalue weighted by Crippen LogP contribution is -2.28. The van der Waals surface area contributed by atoms with Gasteiger partial charge in [-0.1, -0.05) is 22.0 Å². The topological polar surface area (TPSA) is 76.5 Å². The van der Waals surface area contributed by atoms with E-state index in [1.54, 1.807) is 11.1 Å². The Morgan fingerprint density at radius 1 is 1.32 bits per heavy atom. The molecule has 1 N–H and O–H groups in total. The summed E-state index contributed by atoms with van der Waals surface area (Å²) in [4.78, 5) is 26.7. The SMILES string of the molecule is O=C(Nc1cnn(CC2CCOCC2)c1)[C@@H]1CC(=O)N(c2cccc(Br)c2)C1. The number of nitrogens with zero attached hydrogens (tertiary/aromatic N) is 3. The third kappa shape index (κ3) is 4.44. The first kappa shape index (κ1) is 19.1. The average molecular weight is 447 g/mol. The minimum Gasteiger partial charge on any atom is -0.381 e. The quantitative estimate of drug-likeness (QED) is 0.765. The van der Waals surface area contributed by atoms with Gasteiger partial charge >= 0.3 is 0 Å². The van der Waals surface area contributed by atoms with Gasteiger partial charge in [0, 0.05) is 49.1 Å². The van der Waals surface area contributed by atoms with Crippen molar-refractivity contribution >= 4 is 39.1 Å². The molecule has 2 aliphatic heterocycles. The number of aromatic nitrogens is 2. The molecule has 0 saturated carbocycles. The highest BCUT2D eigenvalue weighted by molar-refractivity contribution is 9.10. The van der Waals surface area contributed by atoms with E-state index in [9.17, 15) is 9.59 Å². The Balaban J connectivity index is 1.34. The number of carbonyl (C=O) groups is 2. The monoisotopic (exact) mass is 446 g/mol. The molecule has 0 unspecified atom stereocenters. The number of halogens is 1. The Morgan fingerprint density at radius 3 is 2.93 bits per heavy atom. The Kier molecular flexibility index (Phi) is 5.77. The van der Waals surface area contributed by atoms with E-state index >= 15 is 0 Å². The molecular formula is C20H23BrN4O3. The molecule has 3 heterocycles. The zero-order valence-corrected chi connectivity index (χ0v) is 17.1. The van der Waals surface area contributed by atoms with Crippen molar-refractivity contribution in [2.75, 3.05) is 30.0 Å². The largest absolute Gasteiger partial charge is 0.381 e. The molecular weight excluding hydrogens is 424 g/mol. The minimum absolute atomic E-state index is 0.0338. The second-order valence-electron chi connectivity index (χ2n) is 7.38. The molecule has 2 fully saturated rings. The maximum Gasteiger partial charge on any atom is 0.229 e. The average Bonchev–Trinajstić information content (AvgIpc) is 3.29. The summed E-state index contributed by atoms with van der Waals surface area (Å²) in [6, 6.07) is 7.56. The van der Waals surface area contributed by atoms with Gasteiger partial charge in [0.05, 0.1) is 17.8 Å². The Morgan fingerprint density at radius 2 is 2.14 bits per heavy atom. The summed E-state index contributed by atoms with van der Waals surface area (Å²) in [5.41, 5.74) is 1.48. The Labute approximate surface area is 172 Å². The van der Waals surface area contributed by atoms with E-state index in [0.29, 0.717) is 18.2 Å². The highest BCUT2D eigenvalue weighted by Crippen LogP contribution is 2.28. The van der Waals surface area contributed by atoms with Crippen molar-refractivity contribution in [1.29, 1.82) is 0 Å². The van der Waals surface area contributed by atoms with Gasteiger partial charge in [0.25, 0.3) is 0 Å². The summed E-state index contributed by atoms with van der Waals surface area (Å²) in [5.74, 6) is 0.0126. The summed E-state index contributed by atoms with van der Waals surface area (Å²) in [6.45, 7) is 2.83. The second-order valence-corrected chi connectivity index (χ2v) is 8.30. The summed E-state index contributed by atoms with van der Waals surface area (Å²) < 4.78 is 8.17. The molecule has 2 aliphatic rings. The van der Waals surface area contributed by atoms with E-state index in [1.807, 2.05) is 35.1 Å². The number of ether oxygens (including phenoxy) is 1. The molecule has 2 amide bonds. The summed E-state index contributed by atoms with van der Waals surface area (Å²) in [6.07, 6.45) is 5.82. The van der Waals surface area contributed by atoms with E-state index in [-0.39, 0.29) is 24.2 Å². The van der Waals surface area contributed by atoms with Gasteiger partial charge in [0.15, 0.2) is 0 Å². The van der Waals surface area contributed by atoms with Gasteiger partial charge in [-0.3, -0.25) is 14.3 Å². The lowest BCUT2D eigenvalue weighted by Gasteiger charge is -2.21. The van der Waals surface area contributed by atoms with Gasteiger partial charge in [0.2, 0.25) is 11.8 Å². The van der Waals surface area contributed by atoms with Crippen LogP contribution >= 0.6 is 15.9 Å². The van der Waals surface area contributed by atoms with Crippen molar-refractivity contribution in [1.82, 2.24) is 9.78 Å². The molecule has 1 aromatic carbocycles. The molecule has 0 aliphatic carbocycles. The Bertz CT molecular complexity index is 863. The number of nitrogens with one attached hydrogen (secondary N) is 1. The number of anilines is 2. The summed E-state index contributed by atoms with van der Waals surface area (Å²) in [5, 5.41) is 7.27. The van der Waals surface area contributed by atoms with Crippen molar-refractivity contribution in [3.8, 4) is 0 Å². The molecule has 0 radical (unpaired) electrons. The van der Waals surface area contributed by atoms with Crippen LogP contribution < -0.4 is 10.2 Å². The zero-order chi connectivity index (χ0) is 19.5. The third-order valence-corrected chi connectivity index (χ3v) is 5.80. The van der Waals surface area contributed by atoms with E-state index in [1.165, 1.54) is 0 Å². The maximum atomic E-state index is 12.7. The molecule has 0 bridgehead atoms.